The Morgan fingerprint density at radius 1 is 0.848 bits per heavy atom. The van der Waals surface area contributed by atoms with Crippen molar-refractivity contribution in [2.75, 3.05) is 0 Å². The van der Waals surface area contributed by atoms with Crippen LogP contribution < -0.4 is 0 Å². The first-order valence-electron chi connectivity index (χ1n) is 11.7. The number of hydrogen-bond donors (Lipinski definition) is 0. The molecule has 2 aromatic heterocycles. The van der Waals surface area contributed by atoms with Crippen LogP contribution in [0.25, 0.3) is 43.4 Å². The zero-order valence-electron chi connectivity index (χ0n) is 20.0. The van der Waals surface area contributed by atoms with Crippen molar-refractivity contribution in [3.63, 3.8) is 0 Å². The monoisotopic (exact) mass is 450 g/mol. The molecule has 0 bridgehead atoms. The van der Waals surface area contributed by atoms with Crippen molar-refractivity contribution < 1.29 is 0 Å². The summed E-state index contributed by atoms with van der Waals surface area (Å²) >= 11 is 1.83. The fourth-order valence-corrected chi connectivity index (χ4v) is 5.76. The Bertz CT molecular complexity index is 1450. The van der Waals surface area contributed by atoms with Gasteiger partial charge in [0.2, 0.25) is 0 Å². The molecule has 0 fully saturated rings. The molecule has 5 rings (SSSR count). The third-order valence-corrected chi connectivity index (χ3v) is 7.29. The van der Waals surface area contributed by atoms with Gasteiger partial charge in [-0.1, -0.05) is 77.1 Å². The van der Waals surface area contributed by atoms with E-state index < -0.39 is 0 Å². The Kier molecular flexibility index (Phi) is 5.54. The van der Waals surface area contributed by atoms with Crippen molar-refractivity contribution in [1.82, 2.24) is 9.97 Å². The lowest BCUT2D eigenvalue weighted by Gasteiger charge is -2.22. The minimum absolute atomic E-state index is 0.0425. The first kappa shape index (κ1) is 21.8. The molecule has 3 heteroatoms. The minimum atomic E-state index is 0.0425. The van der Waals surface area contributed by atoms with Crippen LogP contribution in [-0.2, 0) is 11.8 Å². The fourth-order valence-electron chi connectivity index (χ4n) is 4.65. The number of nitrogens with zero attached hydrogens (tertiary/aromatic N) is 2. The Balaban J connectivity index is 1.64. The van der Waals surface area contributed by atoms with E-state index in [-0.39, 0.29) is 5.41 Å². The van der Waals surface area contributed by atoms with Crippen LogP contribution in [0.15, 0.2) is 72.4 Å². The molecule has 166 valence electrons. The molecule has 0 aliphatic carbocycles. The van der Waals surface area contributed by atoms with Gasteiger partial charge in [-0.15, -0.1) is 11.3 Å². The van der Waals surface area contributed by atoms with Gasteiger partial charge in [0.05, 0.1) is 11.4 Å². The molecule has 0 saturated carbocycles. The molecule has 0 amide bonds. The van der Waals surface area contributed by atoms with E-state index in [2.05, 4.69) is 111 Å². The summed E-state index contributed by atoms with van der Waals surface area (Å²) < 4.78 is 1.31. The molecule has 0 unspecified atom stereocenters. The van der Waals surface area contributed by atoms with Gasteiger partial charge < -0.3 is 0 Å². The predicted molar refractivity (Wildman–Crippen MR) is 143 cm³/mol. The molecule has 0 aliphatic heterocycles. The van der Waals surface area contributed by atoms with Crippen LogP contribution in [0.2, 0.25) is 0 Å². The van der Waals surface area contributed by atoms with Crippen molar-refractivity contribution in [3.8, 4) is 22.5 Å². The average molecular weight is 451 g/mol. The number of rotatable bonds is 4. The lowest BCUT2D eigenvalue weighted by molar-refractivity contribution is 0.596. The zero-order chi connectivity index (χ0) is 23.2. The van der Waals surface area contributed by atoms with Crippen molar-refractivity contribution in [3.05, 3.63) is 83.5 Å². The highest BCUT2D eigenvalue weighted by Gasteiger charge is 2.19. The van der Waals surface area contributed by atoms with Gasteiger partial charge in [-0.3, -0.25) is 0 Å². The Morgan fingerprint density at radius 2 is 1.61 bits per heavy atom. The Labute approximate surface area is 200 Å². The first-order chi connectivity index (χ1) is 15.8. The number of benzene rings is 3. The van der Waals surface area contributed by atoms with Crippen LogP contribution in [0.1, 0.15) is 45.7 Å². The second kappa shape index (κ2) is 8.39. The normalized spacial score (nSPS) is 12.2. The van der Waals surface area contributed by atoms with Crippen LogP contribution in [0.5, 0.6) is 0 Å². The van der Waals surface area contributed by atoms with E-state index >= 15 is 0 Å². The van der Waals surface area contributed by atoms with Gasteiger partial charge in [0, 0.05) is 15.8 Å². The van der Waals surface area contributed by atoms with Crippen molar-refractivity contribution in [2.45, 2.75) is 46.5 Å². The van der Waals surface area contributed by atoms with Crippen LogP contribution in [0, 0.1) is 5.92 Å². The summed E-state index contributed by atoms with van der Waals surface area (Å²) in [7, 11) is 0. The van der Waals surface area contributed by atoms with E-state index in [1.165, 1.54) is 37.5 Å². The average Bonchev–Trinajstić information content (AvgIpc) is 3.20. The lowest BCUT2D eigenvalue weighted by Crippen LogP contribution is -2.12. The predicted octanol–water partition coefficient (Wildman–Crippen LogP) is 8.67. The van der Waals surface area contributed by atoms with E-state index in [1.807, 2.05) is 11.3 Å². The molecule has 33 heavy (non-hydrogen) atoms. The second-order valence-electron chi connectivity index (χ2n) is 10.3. The van der Waals surface area contributed by atoms with Crippen LogP contribution in [-0.4, -0.2) is 9.97 Å². The standard InChI is InChI=1S/C30H30N2S/c1-19(2)13-22-17-33-29-24(22)11-8-12-25(29)28-16-27(31-18-32-28)21-14-20-9-6-7-10-23(20)26(15-21)30(3,4)5/h6-12,14-19H,13H2,1-5H3. The van der Waals surface area contributed by atoms with Gasteiger partial charge in [0.15, 0.2) is 0 Å². The van der Waals surface area contributed by atoms with E-state index in [9.17, 15) is 0 Å². The second-order valence-corrected chi connectivity index (χ2v) is 11.2. The van der Waals surface area contributed by atoms with Gasteiger partial charge in [-0.25, -0.2) is 9.97 Å². The van der Waals surface area contributed by atoms with Gasteiger partial charge in [-0.05, 0) is 68.6 Å². The molecule has 0 radical (unpaired) electrons. The van der Waals surface area contributed by atoms with E-state index in [4.69, 9.17) is 0 Å². The molecule has 0 aliphatic rings. The van der Waals surface area contributed by atoms with Gasteiger partial charge in [-0.2, -0.15) is 0 Å². The third-order valence-electron chi connectivity index (χ3n) is 6.22. The fraction of sp³-hybridized carbons (Fsp3) is 0.267. The van der Waals surface area contributed by atoms with Crippen LogP contribution in [0.4, 0.5) is 0 Å². The summed E-state index contributed by atoms with van der Waals surface area (Å²) in [4.78, 5) is 9.37. The summed E-state index contributed by atoms with van der Waals surface area (Å²) in [6, 6.07) is 21.9. The molecular weight excluding hydrogens is 420 g/mol. The maximum absolute atomic E-state index is 4.68. The van der Waals surface area contributed by atoms with E-state index in [0.717, 1.165) is 23.4 Å². The third kappa shape index (κ3) is 4.18. The molecule has 0 saturated heterocycles. The number of fused-ring (bicyclic) bond motifs is 2. The number of aromatic nitrogens is 2. The van der Waals surface area contributed by atoms with E-state index in [1.54, 1.807) is 6.33 Å². The molecule has 0 N–H and O–H groups in total. The summed E-state index contributed by atoms with van der Waals surface area (Å²) in [5, 5.41) is 6.23. The molecule has 0 spiro atoms. The number of hydrogen-bond acceptors (Lipinski definition) is 3. The van der Waals surface area contributed by atoms with E-state index in [0.29, 0.717) is 5.92 Å². The highest BCUT2D eigenvalue weighted by Crippen LogP contribution is 2.38. The smallest absolute Gasteiger partial charge is 0.116 e. The lowest BCUT2D eigenvalue weighted by atomic mass is 9.82. The quantitative estimate of drug-likeness (QED) is 0.274. The molecule has 5 aromatic rings. The first-order valence-corrected chi connectivity index (χ1v) is 12.5. The Hall–Kier alpha value is -3.04. The maximum atomic E-state index is 4.68. The Morgan fingerprint density at radius 3 is 2.39 bits per heavy atom. The molecular formula is C30H30N2S. The van der Waals surface area contributed by atoms with Crippen molar-refractivity contribution >= 4 is 32.2 Å². The van der Waals surface area contributed by atoms with Crippen LogP contribution in [0.3, 0.4) is 0 Å². The highest BCUT2D eigenvalue weighted by molar-refractivity contribution is 7.18. The summed E-state index contributed by atoms with van der Waals surface area (Å²) in [5.74, 6) is 0.641. The summed E-state index contributed by atoms with van der Waals surface area (Å²) in [6.07, 6.45) is 2.81. The zero-order valence-corrected chi connectivity index (χ0v) is 20.8. The highest BCUT2D eigenvalue weighted by atomic mass is 32.1. The molecule has 2 heterocycles. The summed E-state index contributed by atoms with van der Waals surface area (Å²) in [6.45, 7) is 11.4. The van der Waals surface area contributed by atoms with Gasteiger partial charge in [0.1, 0.15) is 6.33 Å². The van der Waals surface area contributed by atoms with Gasteiger partial charge >= 0.3 is 0 Å². The largest absolute Gasteiger partial charge is 0.236 e. The summed E-state index contributed by atoms with van der Waals surface area (Å²) in [5.41, 5.74) is 7.09. The van der Waals surface area contributed by atoms with Gasteiger partial charge in [0.25, 0.3) is 0 Å². The minimum Gasteiger partial charge on any atom is -0.236 e. The van der Waals surface area contributed by atoms with Crippen LogP contribution >= 0.6 is 11.3 Å². The molecule has 3 aromatic carbocycles. The number of thiophene rings is 1. The van der Waals surface area contributed by atoms with Crippen molar-refractivity contribution in [1.29, 1.82) is 0 Å². The molecule has 0 atom stereocenters. The SMILES string of the molecule is CC(C)Cc1csc2c(-c3cc(-c4cc(C(C)(C)C)c5ccccc5c4)ncn3)cccc12. The topological polar surface area (TPSA) is 25.8 Å². The molecule has 2 nitrogen and oxygen atoms in total. The maximum Gasteiger partial charge on any atom is 0.116 e. The van der Waals surface area contributed by atoms with Crippen molar-refractivity contribution in [2.24, 2.45) is 5.92 Å².